The topological polar surface area (TPSA) is 80.3 Å². The SMILES string of the molecule is COc1ccc(NC(=O)c2cncc(C(=O)NCc3ccc(Cl)cc3)c2)cc1. The number of pyridine rings is 1. The first-order chi connectivity index (χ1) is 13.5. The first-order valence-corrected chi connectivity index (χ1v) is 8.86. The van der Waals surface area contributed by atoms with Crippen LogP contribution in [0.4, 0.5) is 5.69 Å². The van der Waals surface area contributed by atoms with E-state index >= 15 is 0 Å². The lowest BCUT2D eigenvalue weighted by Crippen LogP contribution is -2.23. The molecule has 1 heterocycles. The third-order valence-corrected chi connectivity index (χ3v) is 4.23. The van der Waals surface area contributed by atoms with Gasteiger partial charge in [-0.2, -0.15) is 0 Å². The summed E-state index contributed by atoms with van der Waals surface area (Å²) >= 11 is 5.85. The summed E-state index contributed by atoms with van der Waals surface area (Å²) in [4.78, 5) is 28.8. The molecule has 142 valence electrons. The fraction of sp³-hybridized carbons (Fsp3) is 0.0952. The number of amides is 2. The fourth-order valence-electron chi connectivity index (χ4n) is 2.45. The molecule has 0 atom stereocenters. The van der Waals surface area contributed by atoms with Gasteiger partial charge in [0.05, 0.1) is 18.2 Å². The lowest BCUT2D eigenvalue weighted by Gasteiger charge is -2.08. The minimum atomic E-state index is -0.356. The first kappa shape index (κ1) is 19.4. The molecular formula is C21H18ClN3O3. The number of ether oxygens (including phenoxy) is 1. The van der Waals surface area contributed by atoms with Crippen molar-refractivity contribution in [1.29, 1.82) is 0 Å². The molecule has 0 saturated carbocycles. The summed E-state index contributed by atoms with van der Waals surface area (Å²) in [5.41, 5.74) is 2.12. The van der Waals surface area contributed by atoms with Crippen molar-refractivity contribution in [1.82, 2.24) is 10.3 Å². The second kappa shape index (κ2) is 9.01. The number of methoxy groups -OCH3 is 1. The second-order valence-electron chi connectivity index (χ2n) is 5.95. The molecule has 0 spiro atoms. The van der Waals surface area contributed by atoms with Gasteiger partial charge in [-0.3, -0.25) is 14.6 Å². The number of nitrogens with one attached hydrogen (secondary N) is 2. The van der Waals surface area contributed by atoms with Crippen LogP contribution in [0.25, 0.3) is 0 Å². The van der Waals surface area contributed by atoms with Gasteiger partial charge in [0.1, 0.15) is 5.75 Å². The highest BCUT2D eigenvalue weighted by molar-refractivity contribution is 6.30. The lowest BCUT2D eigenvalue weighted by atomic mass is 10.1. The Hall–Kier alpha value is -3.38. The third kappa shape index (κ3) is 5.08. The normalized spacial score (nSPS) is 10.2. The standard InChI is InChI=1S/C21H18ClN3O3/c1-28-19-8-6-18(7-9-19)25-21(27)16-10-15(12-23-13-16)20(26)24-11-14-2-4-17(22)5-3-14/h2-10,12-13H,11H2,1H3,(H,24,26)(H,25,27). The van der Waals surface area contributed by atoms with Crippen LogP contribution in [-0.2, 0) is 6.54 Å². The van der Waals surface area contributed by atoms with Gasteiger partial charge in [0, 0.05) is 29.6 Å². The van der Waals surface area contributed by atoms with E-state index in [0.29, 0.717) is 28.6 Å². The van der Waals surface area contributed by atoms with Crippen molar-refractivity contribution >= 4 is 29.1 Å². The Kier molecular flexibility index (Phi) is 6.24. The Labute approximate surface area is 167 Å². The third-order valence-electron chi connectivity index (χ3n) is 3.98. The highest BCUT2D eigenvalue weighted by Gasteiger charge is 2.12. The number of anilines is 1. The molecule has 0 unspecified atom stereocenters. The van der Waals surface area contributed by atoms with E-state index in [4.69, 9.17) is 16.3 Å². The Morgan fingerprint density at radius 2 is 1.61 bits per heavy atom. The summed E-state index contributed by atoms with van der Waals surface area (Å²) in [5.74, 6) is 0.0191. The van der Waals surface area contributed by atoms with Crippen molar-refractivity contribution < 1.29 is 14.3 Å². The zero-order chi connectivity index (χ0) is 19.9. The molecule has 0 aliphatic heterocycles. The Balaban J connectivity index is 1.64. The maximum absolute atomic E-state index is 12.4. The largest absolute Gasteiger partial charge is 0.497 e. The van der Waals surface area contributed by atoms with Gasteiger partial charge in [0.25, 0.3) is 11.8 Å². The average molecular weight is 396 g/mol. The molecule has 2 N–H and O–H groups in total. The number of carbonyl (C=O) groups is 2. The number of nitrogens with zero attached hydrogens (tertiary/aromatic N) is 1. The Morgan fingerprint density at radius 3 is 2.25 bits per heavy atom. The van der Waals surface area contributed by atoms with E-state index in [2.05, 4.69) is 15.6 Å². The van der Waals surface area contributed by atoms with E-state index in [0.717, 1.165) is 5.56 Å². The molecule has 2 aromatic carbocycles. The summed E-state index contributed by atoms with van der Waals surface area (Å²) in [7, 11) is 1.57. The first-order valence-electron chi connectivity index (χ1n) is 8.48. The van der Waals surface area contributed by atoms with Crippen molar-refractivity contribution in [3.8, 4) is 5.75 Å². The summed E-state index contributed by atoms with van der Waals surface area (Å²) in [5, 5.41) is 6.19. The molecule has 0 fully saturated rings. The van der Waals surface area contributed by atoms with E-state index in [-0.39, 0.29) is 17.4 Å². The predicted octanol–water partition coefficient (Wildman–Crippen LogP) is 3.93. The monoisotopic (exact) mass is 395 g/mol. The molecule has 6 nitrogen and oxygen atoms in total. The molecule has 28 heavy (non-hydrogen) atoms. The van der Waals surface area contributed by atoms with Crippen LogP contribution in [-0.4, -0.2) is 23.9 Å². The zero-order valence-corrected chi connectivity index (χ0v) is 15.9. The van der Waals surface area contributed by atoms with Crippen LogP contribution >= 0.6 is 11.6 Å². The zero-order valence-electron chi connectivity index (χ0n) is 15.1. The smallest absolute Gasteiger partial charge is 0.257 e. The molecule has 0 radical (unpaired) electrons. The van der Waals surface area contributed by atoms with E-state index in [1.807, 2.05) is 12.1 Å². The maximum atomic E-state index is 12.4. The molecule has 0 saturated heterocycles. The number of hydrogen-bond acceptors (Lipinski definition) is 4. The minimum absolute atomic E-state index is 0.287. The van der Waals surface area contributed by atoms with Crippen LogP contribution in [0.15, 0.2) is 67.0 Å². The van der Waals surface area contributed by atoms with E-state index in [1.54, 1.807) is 43.5 Å². The molecule has 0 aliphatic rings. The van der Waals surface area contributed by atoms with Gasteiger partial charge >= 0.3 is 0 Å². The van der Waals surface area contributed by atoms with Crippen molar-refractivity contribution in [2.75, 3.05) is 12.4 Å². The van der Waals surface area contributed by atoms with Gasteiger partial charge in [0.2, 0.25) is 0 Å². The quantitative estimate of drug-likeness (QED) is 0.662. The number of aromatic nitrogens is 1. The van der Waals surface area contributed by atoms with Crippen LogP contribution in [0.3, 0.4) is 0 Å². The highest BCUT2D eigenvalue weighted by Crippen LogP contribution is 2.16. The van der Waals surface area contributed by atoms with Crippen molar-refractivity contribution in [2.45, 2.75) is 6.54 Å². The molecular weight excluding hydrogens is 378 g/mol. The van der Waals surface area contributed by atoms with Crippen LogP contribution in [0.2, 0.25) is 5.02 Å². The number of rotatable bonds is 6. The van der Waals surface area contributed by atoms with Gasteiger partial charge in [-0.05, 0) is 48.0 Å². The van der Waals surface area contributed by atoms with Crippen molar-refractivity contribution in [3.63, 3.8) is 0 Å². The minimum Gasteiger partial charge on any atom is -0.497 e. The maximum Gasteiger partial charge on any atom is 0.257 e. The second-order valence-corrected chi connectivity index (χ2v) is 6.39. The molecule has 3 aromatic rings. The summed E-state index contributed by atoms with van der Waals surface area (Å²) < 4.78 is 5.09. The predicted molar refractivity (Wildman–Crippen MR) is 108 cm³/mol. The highest BCUT2D eigenvalue weighted by atomic mass is 35.5. The molecule has 0 bridgehead atoms. The molecule has 3 rings (SSSR count). The summed E-state index contributed by atoms with van der Waals surface area (Å²) in [6, 6.07) is 15.6. The van der Waals surface area contributed by atoms with Crippen LogP contribution in [0, 0.1) is 0 Å². The molecule has 7 heteroatoms. The summed E-state index contributed by atoms with van der Waals surface area (Å²) in [6.45, 7) is 0.346. The molecule has 2 amide bonds. The Bertz CT molecular complexity index is 973. The summed E-state index contributed by atoms with van der Waals surface area (Å²) in [6.07, 6.45) is 2.83. The van der Waals surface area contributed by atoms with Crippen molar-refractivity contribution in [2.24, 2.45) is 0 Å². The van der Waals surface area contributed by atoms with Gasteiger partial charge in [-0.15, -0.1) is 0 Å². The number of carbonyl (C=O) groups excluding carboxylic acids is 2. The van der Waals surface area contributed by atoms with Crippen LogP contribution in [0.1, 0.15) is 26.3 Å². The van der Waals surface area contributed by atoms with E-state index < -0.39 is 0 Å². The lowest BCUT2D eigenvalue weighted by molar-refractivity contribution is 0.0950. The van der Waals surface area contributed by atoms with Crippen molar-refractivity contribution in [3.05, 3.63) is 88.7 Å². The average Bonchev–Trinajstić information content (AvgIpc) is 2.73. The van der Waals surface area contributed by atoms with E-state index in [9.17, 15) is 9.59 Å². The van der Waals surface area contributed by atoms with Gasteiger partial charge in [0.15, 0.2) is 0 Å². The fourth-order valence-corrected chi connectivity index (χ4v) is 2.58. The van der Waals surface area contributed by atoms with E-state index in [1.165, 1.54) is 18.5 Å². The number of hydrogen-bond donors (Lipinski definition) is 2. The Morgan fingerprint density at radius 1 is 0.964 bits per heavy atom. The number of halogens is 1. The van der Waals surface area contributed by atoms with Gasteiger partial charge in [-0.1, -0.05) is 23.7 Å². The van der Waals surface area contributed by atoms with Gasteiger partial charge in [-0.25, -0.2) is 0 Å². The van der Waals surface area contributed by atoms with Crippen LogP contribution < -0.4 is 15.4 Å². The molecule has 0 aliphatic carbocycles. The molecule has 1 aromatic heterocycles. The van der Waals surface area contributed by atoms with Gasteiger partial charge < -0.3 is 15.4 Å². The van der Waals surface area contributed by atoms with Crippen LogP contribution in [0.5, 0.6) is 5.75 Å². The number of benzene rings is 2.